The van der Waals surface area contributed by atoms with Crippen LogP contribution in [0.1, 0.15) is 26.7 Å². The first-order valence-electron chi connectivity index (χ1n) is 6.31. The van der Waals surface area contributed by atoms with E-state index >= 15 is 0 Å². The molecule has 4 fully saturated rings. The molecule has 0 radical (unpaired) electrons. The van der Waals surface area contributed by atoms with E-state index < -0.39 is 0 Å². The Kier molecular flexibility index (Phi) is 1.56. The Morgan fingerprint density at radius 2 is 1.33 bits per heavy atom. The van der Waals surface area contributed by atoms with Gasteiger partial charge in [-0.3, -0.25) is 9.59 Å². The highest BCUT2D eigenvalue weighted by molar-refractivity contribution is 5.84. The van der Waals surface area contributed by atoms with E-state index in [1.165, 1.54) is 0 Å². The Morgan fingerprint density at radius 3 is 1.56 bits per heavy atom. The van der Waals surface area contributed by atoms with E-state index in [0.717, 1.165) is 12.8 Å². The van der Waals surface area contributed by atoms with Crippen molar-refractivity contribution < 1.29 is 19.1 Å². The molecule has 2 heterocycles. The minimum Gasteiger partial charge on any atom is -0.430 e. The lowest BCUT2D eigenvalue weighted by Gasteiger charge is -2.08. The number of hydrogen-bond donors (Lipinski definition) is 0. The third kappa shape index (κ3) is 1.06. The molecule has 4 nitrogen and oxygen atoms in total. The average molecular weight is 246 g/mol. The molecule has 0 aromatic heterocycles. The van der Waals surface area contributed by atoms with Crippen molar-refractivity contribution in [1.82, 2.24) is 0 Å². The molecule has 94 valence electrons. The number of carbonyl (C=O) groups is 2. The molecule has 4 rings (SSSR count). The van der Waals surface area contributed by atoms with Gasteiger partial charge in [0.05, 0.1) is 11.8 Å². The van der Waals surface area contributed by atoms with Gasteiger partial charge in [0.2, 0.25) is 0 Å². The van der Waals surface area contributed by atoms with Crippen LogP contribution in [-0.4, -0.2) is 11.9 Å². The van der Waals surface area contributed by atoms with E-state index in [2.05, 4.69) is 0 Å². The number of ether oxygens (including phenoxy) is 2. The van der Waals surface area contributed by atoms with Crippen LogP contribution in [0, 0.1) is 22.7 Å². The van der Waals surface area contributed by atoms with Crippen molar-refractivity contribution in [2.75, 3.05) is 0 Å². The summed E-state index contributed by atoms with van der Waals surface area (Å²) in [5.74, 6) is 1.26. The number of fused-ring (bicyclic) bond motifs is 2. The van der Waals surface area contributed by atoms with Gasteiger partial charge in [0.25, 0.3) is 0 Å². The molecule has 0 N–H and O–H groups in total. The monoisotopic (exact) mass is 246 g/mol. The van der Waals surface area contributed by atoms with Crippen LogP contribution in [0.5, 0.6) is 0 Å². The molecular weight excluding hydrogens is 232 g/mol. The van der Waals surface area contributed by atoms with Crippen LogP contribution in [0.25, 0.3) is 0 Å². The van der Waals surface area contributed by atoms with Crippen LogP contribution in [0.3, 0.4) is 0 Å². The summed E-state index contributed by atoms with van der Waals surface area (Å²) in [6, 6.07) is 0. The molecule has 2 saturated heterocycles. The van der Waals surface area contributed by atoms with E-state index in [9.17, 15) is 9.59 Å². The summed E-state index contributed by atoms with van der Waals surface area (Å²) in [6.45, 7) is 4.07. The Labute approximate surface area is 105 Å². The molecule has 4 heteroatoms. The Bertz CT molecular complexity index is 508. The third-order valence-electron chi connectivity index (χ3n) is 4.98. The molecule has 2 aliphatic carbocycles. The van der Waals surface area contributed by atoms with Crippen molar-refractivity contribution in [3.05, 3.63) is 23.7 Å². The zero-order valence-electron chi connectivity index (χ0n) is 10.4. The second kappa shape index (κ2) is 2.71. The molecule has 0 amide bonds. The highest BCUT2D eigenvalue weighted by atomic mass is 16.6. The van der Waals surface area contributed by atoms with Crippen LogP contribution in [-0.2, 0) is 19.1 Å². The van der Waals surface area contributed by atoms with Crippen molar-refractivity contribution >= 4 is 11.9 Å². The van der Waals surface area contributed by atoms with Crippen molar-refractivity contribution in [3.63, 3.8) is 0 Å². The number of hydrogen-bond acceptors (Lipinski definition) is 4. The number of rotatable bonds is 1. The van der Waals surface area contributed by atoms with Gasteiger partial charge in [-0.15, -0.1) is 0 Å². The maximum absolute atomic E-state index is 11.4. The van der Waals surface area contributed by atoms with Gasteiger partial charge in [0.15, 0.2) is 0 Å². The molecule has 2 saturated carbocycles. The lowest BCUT2D eigenvalue weighted by molar-refractivity contribution is -0.139. The molecule has 0 bridgehead atoms. The number of cyclic esters (lactones) is 2. The zero-order chi connectivity index (χ0) is 12.7. The van der Waals surface area contributed by atoms with Crippen molar-refractivity contribution in [2.24, 2.45) is 22.7 Å². The summed E-state index contributed by atoms with van der Waals surface area (Å²) in [6.07, 6.45) is 5.36. The predicted octanol–water partition coefficient (Wildman–Crippen LogP) is 1.92. The second-order valence-corrected chi connectivity index (χ2v) is 6.25. The van der Waals surface area contributed by atoms with Crippen LogP contribution >= 0.6 is 0 Å². The Morgan fingerprint density at radius 1 is 0.944 bits per heavy atom. The molecule has 2 aliphatic heterocycles. The molecule has 18 heavy (non-hydrogen) atoms. The molecule has 4 aliphatic rings. The SMILES string of the molecule is CC12CC1C(=O)O/C2=C\C=C1/OC(=O)C2CC12C. The van der Waals surface area contributed by atoms with Gasteiger partial charge in [-0.1, -0.05) is 13.8 Å². The smallest absolute Gasteiger partial charge is 0.315 e. The van der Waals surface area contributed by atoms with Crippen LogP contribution in [0.4, 0.5) is 0 Å². The fourth-order valence-corrected chi connectivity index (χ4v) is 3.15. The fraction of sp³-hybridized carbons (Fsp3) is 0.571. The summed E-state index contributed by atoms with van der Waals surface area (Å²) >= 11 is 0. The van der Waals surface area contributed by atoms with E-state index in [-0.39, 0.29) is 34.6 Å². The minimum absolute atomic E-state index is 0.0394. The van der Waals surface area contributed by atoms with E-state index in [1.807, 2.05) is 13.8 Å². The normalized spacial score (nSPS) is 52.1. The number of esters is 2. The molecule has 4 unspecified atom stereocenters. The maximum Gasteiger partial charge on any atom is 0.315 e. The van der Waals surface area contributed by atoms with Crippen LogP contribution < -0.4 is 0 Å². The number of carbonyl (C=O) groups excluding carboxylic acids is 2. The van der Waals surface area contributed by atoms with Gasteiger partial charge >= 0.3 is 11.9 Å². The van der Waals surface area contributed by atoms with Crippen molar-refractivity contribution in [2.45, 2.75) is 26.7 Å². The van der Waals surface area contributed by atoms with Gasteiger partial charge < -0.3 is 9.47 Å². The molecule has 4 atom stereocenters. The summed E-state index contributed by atoms with van der Waals surface area (Å²) in [4.78, 5) is 22.9. The topological polar surface area (TPSA) is 52.6 Å². The Hall–Kier alpha value is -1.58. The van der Waals surface area contributed by atoms with Crippen molar-refractivity contribution in [3.8, 4) is 0 Å². The molecule has 0 aromatic carbocycles. The quantitative estimate of drug-likeness (QED) is 0.663. The average Bonchev–Trinajstić information content (AvgIpc) is 3.14. The fourth-order valence-electron chi connectivity index (χ4n) is 3.15. The summed E-state index contributed by atoms with van der Waals surface area (Å²) in [5, 5.41) is 0. The Balaban J connectivity index is 1.64. The number of allylic oxidation sites excluding steroid dienone is 4. The van der Waals surface area contributed by atoms with Gasteiger partial charge in [0.1, 0.15) is 11.5 Å². The zero-order valence-corrected chi connectivity index (χ0v) is 10.4. The maximum atomic E-state index is 11.4. The molecule has 0 spiro atoms. The third-order valence-corrected chi connectivity index (χ3v) is 4.98. The minimum atomic E-state index is -0.124. The summed E-state index contributed by atoms with van der Waals surface area (Å²) < 4.78 is 10.5. The first-order valence-corrected chi connectivity index (χ1v) is 6.31. The lowest BCUT2D eigenvalue weighted by atomic mass is 10.0. The molecule has 0 aromatic rings. The van der Waals surface area contributed by atoms with Gasteiger partial charge in [-0.25, -0.2) is 0 Å². The van der Waals surface area contributed by atoms with Gasteiger partial charge in [-0.2, -0.15) is 0 Å². The van der Waals surface area contributed by atoms with Gasteiger partial charge in [-0.05, 0) is 25.0 Å². The van der Waals surface area contributed by atoms with Crippen molar-refractivity contribution in [1.29, 1.82) is 0 Å². The van der Waals surface area contributed by atoms with E-state index in [4.69, 9.17) is 9.47 Å². The highest BCUT2D eigenvalue weighted by Crippen LogP contribution is 2.64. The van der Waals surface area contributed by atoms with Crippen LogP contribution in [0.2, 0.25) is 0 Å². The first-order chi connectivity index (χ1) is 8.45. The second-order valence-electron chi connectivity index (χ2n) is 6.25. The first kappa shape index (κ1) is 10.4. The lowest BCUT2D eigenvalue weighted by Crippen LogP contribution is -2.01. The summed E-state index contributed by atoms with van der Waals surface area (Å²) in [7, 11) is 0. The van der Waals surface area contributed by atoms with Crippen LogP contribution in [0.15, 0.2) is 23.7 Å². The molecular formula is C14H14O4. The van der Waals surface area contributed by atoms with E-state index in [1.54, 1.807) is 12.2 Å². The predicted molar refractivity (Wildman–Crippen MR) is 60.8 cm³/mol. The highest BCUT2D eigenvalue weighted by Gasteiger charge is 2.66. The van der Waals surface area contributed by atoms with Gasteiger partial charge in [0, 0.05) is 10.8 Å². The van der Waals surface area contributed by atoms with E-state index in [0.29, 0.717) is 11.5 Å². The summed E-state index contributed by atoms with van der Waals surface area (Å²) in [5.41, 5.74) is -0.221. The largest absolute Gasteiger partial charge is 0.430 e. The standard InChI is InChI=1S/C14H14O4/c1-13-5-7(13)11(15)17-9(13)3-4-10-14(2)6-8(14)12(16)18-10/h3-4,7-8H,5-6H2,1-2H3/b9-3-,10-4-.